The third kappa shape index (κ3) is 5.15. The Hall–Kier alpha value is -2.29. The molecule has 5 nitrogen and oxygen atoms in total. The van der Waals surface area contributed by atoms with E-state index in [-0.39, 0.29) is 12.1 Å². The van der Waals surface area contributed by atoms with Crippen molar-refractivity contribution < 1.29 is 26.3 Å². The zero-order valence-electron chi connectivity index (χ0n) is 16.5. The third-order valence-electron chi connectivity index (χ3n) is 3.96. The van der Waals surface area contributed by atoms with Gasteiger partial charge in [-0.2, -0.15) is 0 Å². The number of allylic oxidation sites excluding steroid dienone is 3. The Labute approximate surface area is 164 Å². The number of nitrogens with one attached hydrogen (secondary N) is 1. The first kappa shape index (κ1) is 23.7. The fraction of sp³-hybridized carbons (Fsp3) is 0.421. The van der Waals surface area contributed by atoms with Crippen LogP contribution in [0.5, 0.6) is 5.75 Å². The van der Waals surface area contributed by atoms with Crippen molar-refractivity contribution in [2.45, 2.75) is 45.0 Å². The highest BCUT2D eigenvalue weighted by atomic mass is 32.2. The molecule has 0 aliphatic rings. The maximum Gasteiger partial charge on any atom is 0.238 e. The monoisotopic (exact) mass is 418 g/mol. The van der Waals surface area contributed by atoms with Crippen molar-refractivity contribution in [3.63, 3.8) is 0 Å². The summed E-state index contributed by atoms with van der Waals surface area (Å²) in [5.41, 5.74) is -1.63. The summed E-state index contributed by atoms with van der Waals surface area (Å²) in [6.45, 7) is 9.09. The lowest BCUT2D eigenvalue weighted by atomic mass is 10.1. The minimum Gasteiger partial charge on any atom is -0.493 e. The van der Waals surface area contributed by atoms with Crippen LogP contribution in [0.1, 0.15) is 34.1 Å². The molecule has 0 saturated heterocycles. The van der Waals surface area contributed by atoms with E-state index in [2.05, 4.69) is 16.3 Å². The van der Waals surface area contributed by atoms with E-state index >= 15 is 0 Å². The van der Waals surface area contributed by atoms with Crippen LogP contribution in [0, 0.1) is 11.6 Å². The lowest BCUT2D eigenvalue weighted by Crippen LogP contribution is -2.36. The molecule has 1 aromatic carbocycles. The van der Waals surface area contributed by atoms with Crippen LogP contribution >= 0.6 is 0 Å². The van der Waals surface area contributed by atoms with Crippen LogP contribution in [0.25, 0.3) is 0 Å². The summed E-state index contributed by atoms with van der Waals surface area (Å²) in [6.07, 6.45) is 2.61. The molecule has 1 aromatic rings. The number of anilines is 1. The van der Waals surface area contributed by atoms with Gasteiger partial charge in [0.05, 0.1) is 17.6 Å². The molecule has 1 unspecified atom stereocenters. The van der Waals surface area contributed by atoms with Crippen molar-refractivity contribution >= 4 is 27.1 Å². The second-order valence-electron chi connectivity index (χ2n) is 6.61. The highest BCUT2D eigenvalue weighted by Crippen LogP contribution is 2.39. The molecule has 0 saturated carbocycles. The molecule has 0 heterocycles. The molecule has 0 bridgehead atoms. The summed E-state index contributed by atoms with van der Waals surface area (Å²) in [4.78, 5) is 3.84. The van der Waals surface area contributed by atoms with Crippen LogP contribution < -0.4 is 9.46 Å². The second kappa shape index (κ2) is 9.27. The number of alkyl halides is 1. The van der Waals surface area contributed by atoms with Gasteiger partial charge in [0, 0.05) is 6.07 Å². The molecule has 0 fully saturated rings. The number of aliphatic imine (C=N–C) groups is 1. The van der Waals surface area contributed by atoms with E-state index < -0.39 is 49.7 Å². The normalized spacial score (nSPS) is 14.2. The highest BCUT2D eigenvalue weighted by Gasteiger charge is 2.35. The Kier molecular flexibility index (Phi) is 7.86. The Morgan fingerprint density at radius 1 is 1.43 bits per heavy atom. The van der Waals surface area contributed by atoms with Gasteiger partial charge in [0.2, 0.25) is 10.0 Å². The minimum absolute atomic E-state index is 0.0620. The lowest BCUT2D eigenvalue weighted by Gasteiger charge is -2.25. The summed E-state index contributed by atoms with van der Waals surface area (Å²) in [5.74, 6) is -2.72. The quantitative estimate of drug-likeness (QED) is 0.449. The van der Waals surface area contributed by atoms with Crippen LogP contribution in [0.15, 0.2) is 35.9 Å². The van der Waals surface area contributed by atoms with E-state index in [0.29, 0.717) is 6.07 Å². The molecule has 0 aromatic heterocycles. The van der Waals surface area contributed by atoms with E-state index in [0.717, 1.165) is 7.11 Å². The molecule has 1 atom stereocenters. The van der Waals surface area contributed by atoms with Gasteiger partial charge in [-0.15, -0.1) is 6.58 Å². The van der Waals surface area contributed by atoms with Crippen LogP contribution in [0.4, 0.5) is 24.5 Å². The molecular weight excluding hydrogens is 393 g/mol. The van der Waals surface area contributed by atoms with Crippen LogP contribution in [-0.2, 0) is 10.0 Å². The van der Waals surface area contributed by atoms with Gasteiger partial charge >= 0.3 is 0 Å². The molecule has 0 radical (unpaired) electrons. The van der Waals surface area contributed by atoms with Crippen molar-refractivity contribution in [1.29, 1.82) is 0 Å². The molecule has 0 spiro atoms. The maximum atomic E-state index is 14.8. The largest absolute Gasteiger partial charge is 0.493 e. The van der Waals surface area contributed by atoms with E-state index in [9.17, 15) is 21.6 Å². The van der Waals surface area contributed by atoms with E-state index in [4.69, 9.17) is 4.74 Å². The number of hydrogen-bond acceptors (Lipinski definition) is 4. The Morgan fingerprint density at radius 3 is 2.50 bits per heavy atom. The number of benzene rings is 1. The number of hydrogen-bond donors (Lipinski definition) is 1. The van der Waals surface area contributed by atoms with Gasteiger partial charge in [-0.3, -0.25) is 4.72 Å². The second-order valence-corrected chi connectivity index (χ2v) is 8.93. The van der Waals surface area contributed by atoms with Crippen molar-refractivity contribution in [3.05, 3.63) is 42.5 Å². The standard InChI is InChI=1S/C19H25F3N2O3S/c1-7-9-14(12(3)20)23-18-16(22)15(27-6)11-13(21)17(18)24-28(25,26)19(4,5)10-8-2/h7-9,11-12,24H,2,10H2,1,3-6H3/b9-7-,23-14?. The fourth-order valence-corrected chi connectivity index (χ4v) is 3.31. The van der Waals surface area contributed by atoms with Crippen molar-refractivity contribution in [3.8, 4) is 5.75 Å². The maximum absolute atomic E-state index is 14.8. The fourth-order valence-electron chi connectivity index (χ4n) is 2.23. The van der Waals surface area contributed by atoms with E-state index in [1.54, 1.807) is 6.92 Å². The zero-order valence-corrected chi connectivity index (χ0v) is 17.3. The van der Waals surface area contributed by atoms with Crippen molar-refractivity contribution in [2.24, 2.45) is 4.99 Å². The first-order valence-corrected chi connectivity index (χ1v) is 9.94. The summed E-state index contributed by atoms with van der Waals surface area (Å²) >= 11 is 0. The minimum atomic E-state index is -4.17. The van der Waals surface area contributed by atoms with Crippen LogP contribution in [0.2, 0.25) is 0 Å². The molecule has 0 aliphatic carbocycles. The van der Waals surface area contributed by atoms with Gasteiger partial charge < -0.3 is 4.74 Å². The first-order chi connectivity index (χ1) is 12.9. The van der Waals surface area contributed by atoms with Gasteiger partial charge in [-0.05, 0) is 40.2 Å². The van der Waals surface area contributed by atoms with Crippen molar-refractivity contribution in [2.75, 3.05) is 11.8 Å². The molecule has 1 N–H and O–H groups in total. The number of nitrogens with zero attached hydrogens (tertiary/aromatic N) is 1. The number of methoxy groups -OCH3 is 1. The van der Waals surface area contributed by atoms with Crippen molar-refractivity contribution in [1.82, 2.24) is 0 Å². The van der Waals surface area contributed by atoms with E-state index in [1.807, 2.05) is 0 Å². The molecule has 0 amide bonds. The number of halogens is 3. The summed E-state index contributed by atoms with van der Waals surface area (Å²) < 4.78 is 74.2. The van der Waals surface area contributed by atoms with Gasteiger partial charge in [0.15, 0.2) is 17.4 Å². The predicted octanol–water partition coefficient (Wildman–Crippen LogP) is 5.08. The lowest BCUT2D eigenvalue weighted by molar-refractivity contribution is 0.384. The molecule has 156 valence electrons. The average Bonchev–Trinajstić information content (AvgIpc) is 2.59. The first-order valence-electron chi connectivity index (χ1n) is 8.46. The molecule has 0 aliphatic heterocycles. The van der Waals surface area contributed by atoms with Gasteiger partial charge in [-0.1, -0.05) is 12.2 Å². The summed E-state index contributed by atoms with van der Waals surface area (Å²) in [7, 11) is -3.06. The Balaban J connectivity index is 3.74. The number of sulfonamides is 1. The highest BCUT2D eigenvalue weighted by molar-refractivity contribution is 7.94. The smallest absolute Gasteiger partial charge is 0.238 e. The zero-order chi connectivity index (χ0) is 21.7. The average molecular weight is 418 g/mol. The molecule has 28 heavy (non-hydrogen) atoms. The van der Waals surface area contributed by atoms with E-state index in [1.165, 1.54) is 39.0 Å². The van der Waals surface area contributed by atoms with Crippen LogP contribution in [-0.4, -0.2) is 32.2 Å². The summed E-state index contributed by atoms with van der Waals surface area (Å²) in [6, 6.07) is 0.695. The topological polar surface area (TPSA) is 67.8 Å². The predicted molar refractivity (Wildman–Crippen MR) is 107 cm³/mol. The Bertz CT molecular complexity index is 892. The number of rotatable bonds is 9. The summed E-state index contributed by atoms with van der Waals surface area (Å²) in [5, 5.41) is 0. The van der Waals surface area contributed by atoms with Gasteiger partial charge in [0.1, 0.15) is 17.5 Å². The third-order valence-corrected chi connectivity index (χ3v) is 6.06. The van der Waals surface area contributed by atoms with Gasteiger partial charge in [-0.25, -0.2) is 26.6 Å². The molecule has 9 heteroatoms. The SMILES string of the molecule is C=CCC(C)(C)S(=O)(=O)Nc1c(F)cc(OC)c(F)c1N=C(/C=C\C)C(C)F. The van der Waals surface area contributed by atoms with Gasteiger partial charge in [0.25, 0.3) is 0 Å². The van der Waals surface area contributed by atoms with Crippen LogP contribution in [0.3, 0.4) is 0 Å². The number of ether oxygens (including phenoxy) is 1. The molecular formula is C19H25F3N2O3S. The Morgan fingerprint density at radius 2 is 2.04 bits per heavy atom. The molecule has 1 rings (SSSR count).